The molecule has 0 fully saturated rings. The van der Waals surface area contributed by atoms with Gasteiger partial charge in [-0.25, -0.2) is 5.48 Å². The second-order valence-electron chi connectivity index (χ2n) is 5.30. The molecule has 1 unspecified atom stereocenters. The number of amides is 2. The molecule has 128 valence electrons. The molecule has 0 radical (unpaired) electrons. The Balaban J connectivity index is 1.90. The van der Waals surface area contributed by atoms with Crippen LogP contribution in [0.5, 0.6) is 0 Å². The lowest BCUT2D eigenvalue weighted by Gasteiger charge is -2.10. The van der Waals surface area contributed by atoms with E-state index in [0.29, 0.717) is 5.56 Å². The monoisotopic (exact) mass is 338 g/mol. The molecule has 0 saturated heterocycles. The van der Waals surface area contributed by atoms with Gasteiger partial charge in [-0.05, 0) is 36.4 Å². The van der Waals surface area contributed by atoms with Gasteiger partial charge in [0, 0.05) is 23.2 Å². The van der Waals surface area contributed by atoms with Gasteiger partial charge in [-0.1, -0.05) is 30.0 Å². The molecule has 6 heteroatoms. The van der Waals surface area contributed by atoms with Crippen LogP contribution in [0, 0.1) is 11.8 Å². The van der Waals surface area contributed by atoms with E-state index in [9.17, 15) is 14.7 Å². The largest absolute Gasteiger partial charge is 0.391 e. The van der Waals surface area contributed by atoms with Crippen LogP contribution in [0.15, 0.2) is 54.6 Å². The highest BCUT2D eigenvalue weighted by atomic mass is 16.5. The number of aliphatic hydroxyl groups excluding tert-OH is 1. The van der Waals surface area contributed by atoms with Crippen LogP contribution in [0.4, 0.5) is 0 Å². The number of hydrogen-bond acceptors (Lipinski definition) is 4. The van der Waals surface area contributed by atoms with Crippen LogP contribution in [0.25, 0.3) is 0 Å². The average molecular weight is 338 g/mol. The lowest BCUT2D eigenvalue weighted by Crippen LogP contribution is -2.35. The van der Waals surface area contributed by atoms with Crippen molar-refractivity contribution >= 4 is 11.8 Å². The number of carbonyl (C=O) groups excluding carboxylic acids is 2. The molecule has 0 aromatic heterocycles. The zero-order valence-corrected chi connectivity index (χ0v) is 13.4. The molecule has 0 spiro atoms. The highest BCUT2D eigenvalue weighted by molar-refractivity contribution is 5.94. The Hall–Kier alpha value is -3.14. The quantitative estimate of drug-likeness (QED) is 0.372. The summed E-state index contributed by atoms with van der Waals surface area (Å²) in [5.74, 6) is 4.96. The molecule has 0 aliphatic heterocycles. The predicted molar refractivity (Wildman–Crippen MR) is 91.8 cm³/mol. The summed E-state index contributed by atoms with van der Waals surface area (Å²) >= 11 is 0. The highest BCUT2D eigenvalue weighted by Gasteiger charge is 2.12. The summed E-state index contributed by atoms with van der Waals surface area (Å²) < 4.78 is 0. The van der Waals surface area contributed by atoms with Crippen molar-refractivity contribution in [2.45, 2.75) is 12.5 Å². The molecular weight excluding hydrogens is 320 g/mol. The summed E-state index contributed by atoms with van der Waals surface area (Å²) in [5, 5.41) is 20.5. The summed E-state index contributed by atoms with van der Waals surface area (Å²) in [5.41, 5.74) is 3.53. The van der Waals surface area contributed by atoms with Gasteiger partial charge in [-0.15, -0.1) is 0 Å². The number of rotatable bonds is 5. The van der Waals surface area contributed by atoms with Crippen LogP contribution in [0.2, 0.25) is 0 Å². The fraction of sp³-hybridized carbons (Fsp3) is 0.158. The number of aliphatic hydroxyl groups is 1. The normalized spacial score (nSPS) is 11.0. The maximum absolute atomic E-state index is 12.0. The second-order valence-corrected chi connectivity index (χ2v) is 5.30. The topological polar surface area (TPSA) is 98.7 Å². The predicted octanol–water partition coefficient (Wildman–Crippen LogP) is 1.07. The van der Waals surface area contributed by atoms with E-state index in [4.69, 9.17) is 5.21 Å². The number of nitrogens with one attached hydrogen (secondary N) is 2. The van der Waals surface area contributed by atoms with E-state index in [0.717, 1.165) is 11.1 Å². The molecule has 4 N–H and O–H groups in total. The number of carbonyl (C=O) groups is 2. The van der Waals surface area contributed by atoms with Gasteiger partial charge < -0.3 is 10.4 Å². The van der Waals surface area contributed by atoms with E-state index >= 15 is 0 Å². The van der Waals surface area contributed by atoms with E-state index in [1.165, 1.54) is 5.48 Å². The molecule has 2 amide bonds. The molecule has 2 rings (SSSR count). The minimum absolute atomic E-state index is 0.0954. The van der Waals surface area contributed by atoms with Crippen molar-refractivity contribution in [3.05, 3.63) is 71.3 Å². The standard InChI is InChI=1S/C19H18N2O4/c22-17(12-18(23)21-25)13-20-19(24)16-10-8-15(9-11-16)7-6-14-4-2-1-3-5-14/h1-5,8-11,17,22,25H,12-13H2,(H,20,24)(H,21,23). The summed E-state index contributed by atoms with van der Waals surface area (Å²) in [7, 11) is 0. The minimum atomic E-state index is -1.08. The van der Waals surface area contributed by atoms with Gasteiger partial charge in [0.1, 0.15) is 0 Å². The van der Waals surface area contributed by atoms with Gasteiger partial charge >= 0.3 is 0 Å². The van der Waals surface area contributed by atoms with E-state index < -0.39 is 12.0 Å². The molecule has 0 heterocycles. The lowest BCUT2D eigenvalue weighted by molar-refractivity contribution is -0.131. The Morgan fingerprint density at radius 2 is 1.56 bits per heavy atom. The lowest BCUT2D eigenvalue weighted by atomic mass is 10.1. The van der Waals surface area contributed by atoms with Gasteiger partial charge in [0.25, 0.3) is 5.91 Å². The van der Waals surface area contributed by atoms with Crippen LogP contribution < -0.4 is 10.8 Å². The number of benzene rings is 2. The fourth-order valence-electron chi connectivity index (χ4n) is 2.02. The Bertz CT molecular complexity index is 777. The summed E-state index contributed by atoms with van der Waals surface area (Å²) in [4.78, 5) is 22.9. The third-order valence-corrected chi connectivity index (χ3v) is 3.32. The molecule has 2 aromatic carbocycles. The Morgan fingerprint density at radius 3 is 2.16 bits per heavy atom. The second kappa shape index (κ2) is 9.23. The van der Waals surface area contributed by atoms with Crippen molar-refractivity contribution < 1.29 is 19.9 Å². The van der Waals surface area contributed by atoms with Gasteiger partial charge in [0.05, 0.1) is 12.5 Å². The summed E-state index contributed by atoms with van der Waals surface area (Å²) in [6.45, 7) is -0.0954. The molecular formula is C19H18N2O4. The number of hydrogen-bond donors (Lipinski definition) is 4. The maximum atomic E-state index is 12.0. The molecule has 0 bridgehead atoms. The maximum Gasteiger partial charge on any atom is 0.251 e. The molecule has 0 aliphatic carbocycles. The third-order valence-electron chi connectivity index (χ3n) is 3.32. The van der Waals surface area contributed by atoms with Crippen molar-refractivity contribution in [1.82, 2.24) is 10.8 Å². The number of hydroxylamine groups is 1. The zero-order chi connectivity index (χ0) is 18.1. The zero-order valence-electron chi connectivity index (χ0n) is 13.4. The molecule has 25 heavy (non-hydrogen) atoms. The van der Waals surface area contributed by atoms with Crippen LogP contribution in [-0.4, -0.2) is 34.8 Å². The van der Waals surface area contributed by atoms with E-state index in [2.05, 4.69) is 17.2 Å². The van der Waals surface area contributed by atoms with E-state index in [-0.39, 0.29) is 18.9 Å². The van der Waals surface area contributed by atoms with Crippen LogP contribution >= 0.6 is 0 Å². The van der Waals surface area contributed by atoms with Crippen molar-refractivity contribution in [3.63, 3.8) is 0 Å². The Morgan fingerprint density at radius 1 is 0.960 bits per heavy atom. The summed E-state index contributed by atoms with van der Waals surface area (Å²) in [6.07, 6.45) is -1.38. The Labute approximate surface area is 145 Å². The van der Waals surface area contributed by atoms with Gasteiger partial charge in [-0.2, -0.15) is 0 Å². The van der Waals surface area contributed by atoms with Crippen molar-refractivity contribution in [1.29, 1.82) is 0 Å². The van der Waals surface area contributed by atoms with E-state index in [1.807, 2.05) is 30.3 Å². The van der Waals surface area contributed by atoms with E-state index in [1.54, 1.807) is 24.3 Å². The minimum Gasteiger partial charge on any atom is -0.391 e. The SMILES string of the molecule is O=C(CC(O)CNC(=O)c1ccc(C#Cc2ccccc2)cc1)NO. The van der Waals surface area contributed by atoms with Crippen LogP contribution in [0.1, 0.15) is 27.9 Å². The first-order chi connectivity index (χ1) is 12.1. The van der Waals surface area contributed by atoms with Gasteiger partial charge in [-0.3, -0.25) is 14.8 Å². The van der Waals surface area contributed by atoms with Crippen molar-refractivity contribution in [2.24, 2.45) is 0 Å². The summed E-state index contributed by atoms with van der Waals surface area (Å²) in [6, 6.07) is 16.3. The first-order valence-corrected chi connectivity index (χ1v) is 7.65. The van der Waals surface area contributed by atoms with Crippen molar-refractivity contribution in [3.8, 4) is 11.8 Å². The molecule has 0 aliphatic rings. The highest BCUT2D eigenvalue weighted by Crippen LogP contribution is 2.04. The fourth-order valence-corrected chi connectivity index (χ4v) is 2.02. The first kappa shape index (κ1) is 18.2. The van der Waals surface area contributed by atoms with Crippen LogP contribution in [0.3, 0.4) is 0 Å². The first-order valence-electron chi connectivity index (χ1n) is 7.65. The Kier molecular flexibility index (Phi) is 6.72. The molecule has 2 aromatic rings. The molecule has 6 nitrogen and oxygen atoms in total. The molecule has 1 atom stereocenters. The van der Waals surface area contributed by atoms with Crippen LogP contribution in [-0.2, 0) is 4.79 Å². The van der Waals surface area contributed by atoms with Gasteiger partial charge in [0.2, 0.25) is 5.91 Å². The third kappa shape index (κ3) is 6.11. The smallest absolute Gasteiger partial charge is 0.251 e. The molecule has 0 saturated carbocycles. The average Bonchev–Trinajstić information content (AvgIpc) is 2.65. The van der Waals surface area contributed by atoms with Gasteiger partial charge in [0.15, 0.2) is 0 Å². The van der Waals surface area contributed by atoms with Crippen molar-refractivity contribution in [2.75, 3.05) is 6.54 Å².